The summed E-state index contributed by atoms with van der Waals surface area (Å²) < 4.78 is 43.3. The molecule has 0 saturated carbocycles. The number of halogens is 3. The van der Waals surface area contributed by atoms with Crippen LogP contribution in [0.4, 0.5) is 10.1 Å². The Bertz CT molecular complexity index is 1520. The van der Waals surface area contributed by atoms with Crippen molar-refractivity contribution in [2.24, 2.45) is 0 Å². The summed E-state index contributed by atoms with van der Waals surface area (Å²) >= 11 is 12.4. The average Bonchev–Trinajstić information content (AvgIpc) is 2.91. The molecule has 226 valence electrons. The van der Waals surface area contributed by atoms with E-state index in [-0.39, 0.29) is 23.7 Å². The van der Waals surface area contributed by atoms with Crippen molar-refractivity contribution in [3.8, 4) is 0 Å². The van der Waals surface area contributed by atoms with Gasteiger partial charge in [0.2, 0.25) is 11.8 Å². The minimum Gasteiger partial charge on any atom is -0.350 e. The van der Waals surface area contributed by atoms with Gasteiger partial charge in [-0.15, -0.1) is 0 Å². The lowest BCUT2D eigenvalue weighted by atomic mass is 10.0. The molecule has 0 spiro atoms. The van der Waals surface area contributed by atoms with E-state index >= 15 is 0 Å². The minimum atomic E-state index is -4.32. The molecule has 0 unspecified atom stereocenters. The molecule has 0 bridgehead atoms. The Morgan fingerprint density at radius 2 is 1.52 bits per heavy atom. The van der Waals surface area contributed by atoms with Crippen LogP contribution in [-0.4, -0.2) is 61.7 Å². The first-order chi connectivity index (χ1) is 19.6. The Hall–Kier alpha value is -3.18. The number of rotatable bonds is 11. The second kappa shape index (κ2) is 13.9. The zero-order valence-corrected chi connectivity index (χ0v) is 26.5. The molecule has 8 nitrogen and oxygen atoms in total. The zero-order valence-electron chi connectivity index (χ0n) is 24.1. The predicted octanol–water partition coefficient (Wildman–Crippen LogP) is 5.30. The molecule has 0 saturated heterocycles. The second-order valence-electron chi connectivity index (χ2n) is 11.0. The van der Waals surface area contributed by atoms with Crippen molar-refractivity contribution in [2.75, 3.05) is 24.9 Å². The first-order valence-corrected chi connectivity index (χ1v) is 15.3. The van der Waals surface area contributed by atoms with E-state index in [1.54, 1.807) is 18.2 Å². The van der Waals surface area contributed by atoms with E-state index in [9.17, 15) is 22.4 Å². The summed E-state index contributed by atoms with van der Waals surface area (Å²) in [6.45, 7) is 4.59. The molecule has 0 aromatic heterocycles. The number of hydrogen-bond donors (Lipinski definition) is 1. The quantitative estimate of drug-likeness (QED) is 0.309. The summed E-state index contributed by atoms with van der Waals surface area (Å²) in [5.74, 6) is -1.98. The van der Waals surface area contributed by atoms with Gasteiger partial charge >= 0.3 is 10.2 Å². The molecule has 0 fully saturated rings. The molecule has 0 aliphatic heterocycles. The molecule has 12 heteroatoms. The molecule has 0 aliphatic carbocycles. The first-order valence-electron chi connectivity index (χ1n) is 13.1. The van der Waals surface area contributed by atoms with Crippen molar-refractivity contribution >= 4 is 50.9 Å². The summed E-state index contributed by atoms with van der Waals surface area (Å²) in [4.78, 5) is 29.3. The summed E-state index contributed by atoms with van der Waals surface area (Å²) in [6.07, 6.45) is 0.135. The standard InChI is InChI=1S/C30H35Cl2FN4O4S/c1-30(2,3)34-29(39)27(18-21-11-7-6-8-12-21)36(19-22-15-16-23(31)24(32)17-22)28(38)20-37(42(40,41)35(4)5)26-14-10-9-13-25(26)33/h6-17,27H,18-20H2,1-5H3,(H,34,39)/t27-/m0/s1. The topological polar surface area (TPSA) is 90.0 Å². The molecule has 1 N–H and O–H groups in total. The fourth-order valence-electron chi connectivity index (χ4n) is 4.20. The van der Waals surface area contributed by atoms with Gasteiger partial charge in [-0.1, -0.05) is 71.7 Å². The van der Waals surface area contributed by atoms with Crippen molar-refractivity contribution in [1.82, 2.24) is 14.5 Å². The van der Waals surface area contributed by atoms with Gasteiger partial charge in [0.1, 0.15) is 18.4 Å². The second-order valence-corrected chi connectivity index (χ2v) is 13.8. The third-order valence-corrected chi connectivity index (χ3v) is 8.79. The molecule has 0 radical (unpaired) electrons. The highest BCUT2D eigenvalue weighted by atomic mass is 35.5. The van der Waals surface area contributed by atoms with Crippen molar-refractivity contribution in [1.29, 1.82) is 0 Å². The number of nitrogens with zero attached hydrogens (tertiary/aromatic N) is 3. The lowest BCUT2D eigenvalue weighted by Gasteiger charge is -2.35. The van der Waals surface area contributed by atoms with Crippen LogP contribution >= 0.6 is 23.2 Å². The van der Waals surface area contributed by atoms with Crippen LogP contribution < -0.4 is 9.62 Å². The van der Waals surface area contributed by atoms with Crippen molar-refractivity contribution < 1.29 is 22.4 Å². The van der Waals surface area contributed by atoms with Gasteiger partial charge in [0.25, 0.3) is 0 Å². The highest BCUT2D eigenvalue weighted by molar-refractivity contribution is 7.90. The van der Waals surface area contributed by atoms with E-state index < -0.39 is 46.0 Å². The van der Waals surface area contributed by atoms with Crippen LogP contribution in [-0.2, 0) is 32.8 Å². The maximum Gasteiger partial charge on any atom is 0.304 e. The average molecular weight is 638 g/mol. The fourth-order valence-corrected chi connectivity index (χ4v) is 5.58. The van der Waals surface area contributed by atoms with Gasteiger partial charge in [0.05, 0.1) is 15.7 Å². The van der Waals surface area contributed by atoms with Crippen molar-refractivity contribution in [2.45, 2.75) is 45.3 Å². The number of amides is 2. The lowest BCUT2D eigenvalue weighted by molar-refractivity contribution is -0.140. The number of carbonyl (C=O) groups is 2. The van der Waals surface area contributed by atoms with Crippen LogP contribution in [0, 0.1) is 5.82 Å². The third-order valence-electron chi connectivity index (χ3n) is 6.25. The van der Waals surface area contributed by atoms with Crippen LogP contribution in [0.1, 0.15) is 31.9 Å². The fraction of sp³-hybridized carbons (Fsp3) is 0.333. The maximum absolute atomic E-state index is 14.9. The minimum absolute atomic E-state index is 0.0993. The molecule has 1 atom stereocenters. The van der Waals surface area contributed by atoms with Gasteiger partial charge < -0.3 is 10.2 Å². The molecule has 3 aromatic carbocycles. The Labute approximate surface area is 257 Å². The molecule has 0 heterocycles. The van der Waals surface area contributed by atoms with Crippen LogP contribution in [0.5, 0.6) is 0 Å². The number of nitrogens with one attached hydrogen (secondary N) is 1. The molecular formula is C30H35Cl2FN4O4S. The van der Waals surface area contributed by atoms with Gasteiger partial charge in [-0.25, -0.2) is 8.70 Å². The number of benzene rings is 3. The van der Waals surface area contributed by atoms with Gasteiger partial charge in [-0.3, -0.25) is 9.59 Å². The molecule has 3 aromatic rings. The number of para-hydroxylation sites is 1. The molecule has 3 rings (SSSR count). The van der Waals surface area contributed by atoms with E-state index in [1.165, 1.54) is 37.2 Å². The van der Waals surface area contributed by atoms with Crippen LogP contribution in [0.3, 0.4) is 0 Å². The third kappa shape index (κ3) is 8.67. The summed E-state index contributed by atoms with van der Waals surface area (Å²) in [5, 5.41) is 3.51. The van der Waals surface area contributed by atoms with E-state index in [4.69, 9.17) is 23.2 Å². The van der Waals surface area contributed by atoms with E-state index in [0.717, 1.165) is 15.9 Å². The SMILES string of the molecule is CN(C)S(=O)(=O)N(CC(=O)N(Cc1ccc(Cl)c(Cl)c1)[C@@H](Cc1ccccc1)C(=O)NC(C)(C)C)c1ccccc1F. The van der Waals surface area contributed by atoms with Crippen molar-refractivity contribution in [3.05, 3.63) is 99.8 Å². The van der Waals surface area contributed by atoms with Gasteiger partial charge in [0.15, 0.2) is 0 Å². The molecule has 42 heavy (non-hydrogen) atoms. The first kappa shape index (κ1) is 33.3. The number of hydrogen-bond acceptors (Lipinski definition) is 4. The van der Waals surface area contributed by atoms with E-state index in [0.29, 0.717) is 14.9 Å². The lowest BCUT2D eigenvalue weighted by Crippen LogP contribution is -2.56. The highest BCUT2D eigenvalue weighted by Gasteiger charge is 2.36. The number of anilines is 1. The van der Waals surface area contributed by atoms with E-state index in [1.807, 2.05) is 51.1 Å². The van der Waals surface area contributed by atoms with E-state index in [2.05, 4.69) is 5.32 Å². The van der Waals surface area contributed by atoms with Crippen LogP contribution in [0.2, 0.25) is 10.0 Å². The monoisotopic (exact) mass is 636 g/mol. The Balaban J connectivity index is 2.14. The summed E-state index contributed by atoms with van der Waals surface area (Å²) in [6, 6.07) is 18.2. The summed E-state index contributed by atoms with van der Waals surface area (Å²) in [5.41, 5.74) is 0.420. The Morgan fingerprint density at radius 1 is 0.905 bits per heavy atom. The van der Waals surface area contributed by atoms with Crippen molar-refractivity contribution in [3.63, 3.8) is 0 Å². The normalized spacial score (nSPS) is 12.6. The predicted molar refractivity (Wildman–Crippen MR) is 165 cm³/mol. The molecule has 2 amide bonds. The van der Waals surface area contributed by atoms with Crippen LogP contribution in [0.25, 0.3) is 0 Å². The number of carbonyl (C=O) groups excluding carboxylic acids is 2. The van der Waals surface area contributed by atoms with Gasteiger partial charge in [0, 0.05) is 32.6 Å². The van der Waals surface area contributed by atoms with Gasteiger partial charge in [-0.2, -0.15) is 12.7 Å². The maximum atomic E-state index is 14.9. The van der Waals surface area contributed by atoms with Gasteiger partial charge in [-0.05, 0) is 56.2 Å². The Kier molecular flexibility index (Phi) is 11.0. The largest absolute Gasteiger partial charge is 0.350 e. The zero-order chi connectivity index (χ0) is 31.2. The smallest absolute Gasteiger partial charge is 0.304 e. The summed E-state index contributed by atoms with van der Waals surface area (Å²) in [7, 11) is -1.75. The van der Waals surface area contributed by atoms with Crippen LogP contribution in [0.15, 0.2) is 72.8 Å². The Morgan fingerprint density at radius 3 is 2.10 bits per heavy atom. The highest BCUT2D eigenvalue weighted by Crippen LogP contribution is 2.26. The molecule has 0 aliphatic rings. The molecular weight excluding hydrogens is 602 g/mol.